The Labute approximate surface area is 113 Å². The summed E-state index contributed by atoms with van der Waals surface area (Å²) >= 11 is 0. The minimum Gasteiger partial charge on any atom is -0.490 e. The summed E-state index contributed by atoms with van der Waals surface area (Å²) in [6, 6.07) is 12.9. The number of aromatic nitrogens is 1. The third-order valence-electron chi connectivity index (χ3n) is 3.70. The van der Waals surface area contributed by atoms with E-state index in [4.69, 9.17) is 4.74 Å². The van der Waals surface area contributed by atoms with Crippen LogP contribution in [-0.2, 0) is 0 Å². The summed E-state index contributed by atoms with van der Waals surface area (Å²) < 4.78 is 5.84. The number of hydrogen-bond acceptors (Lipinski definition) is 3. The molecule has 2 heterocycles. The Morgan fingerprint density at radius 3 is 2.74 bits per heavy atom. The van der Waals surface area contributed by atoms with Crippen LogP contribution in [0.5, 0.6) is 5.75 Å². The van der Waals surface area contributed by atoms with Gasteiger partial charge in [-0.25, -0.2) is 0 Å². The number of hydrogen-bond donors (Lipinski definition) is 0. The van der Waals surface area contributed by atoms with E-state index in [-0.39, 0.29) is 0 Å². The van der Waals surface area contributed by atoms with Crippen molar-refractivity contribution in [3.05, 3.63) is 48.8 Å². The molecule has 0 saturated carbocycles. The number of pyridine rings is 1. The van der Waals surface area contributed by atoms with Crippen LogP contribution < -0.4 is 4.74 Å². The SMILES string of the molecule is CN1CC[C@H]1COc1cncc(-c2ccccc2)c1. The second-order valence-corrected chi connectivity index (χ2v) is 5.01. The lowest BCUT2D eigenvalue weighted by atomic mass is 10.1. The van der Waals surface area contributed by atoms with Gasteiger partial charge in [-0.3, -0.25) is 9.88 Å². The maximum absolute atomic E-state index is 5.84. The first-order chi connectivity index (χ1) is 9.33. The lowest BCUT2D eigenvalue weighted by molar-refractivity contribution is 0.0768. The molecular formula is C16H18N2O. The monoisotopic (exact) mass is 254 g/mol. The van der Waals surface area contributed by atoms with E-state index in [0.717, 1.165) is 17.9 Å². The van der Waals surface area contributed by atoms with Gasteiger partial charge in [-0.05, 0) is 31.6 Å². The Kier molecular flexibility index (Phi) is 3.47. The smallest absolute Gasteiger partial charge is 0.138 e. The highest BCUT2D eigenvalue weighted by Crippen LogP contribution is 2.23. The lowest BCUT2D eigenvalue weighted by Gasteiger charge is -2.37. The molecule has 0 aliphatic carbocycles. The zero-order valence-electron chi connectivity index (χ0n) is 11.1. The molecule has 2 aromatic rings. The van der Waals surface area contributed by atoms with E-state index < -0.39 is 0 Å². The highest BCUT2D eigenvalue weighted by molar-refractivity contribution is 5.63. The maximum Gasteiger partial charge on any atom is 0.138 e. The third-order valence-corrected chi connectivity index (χ3v) is 3.70. The molecule has 1 aliphatic rings. The quantitative estimate of drug-likeness (QED) is 0.839. The predicted octanol–water partition coefficient (Wildman–Crippen LogP) is 2.83. The Balaban J connectivity index is 1.69. The van der Waals surface area contributed by atoms with Crippen LogP contribution in [0, 0.1) is 0 Å². The van der Waals surface area contributed by atoms with Gasteiger partial charge in [0.25, 0.3) is 0 Å². The van der Waals surface area contributed by atoms with Crippen LogP contribution in [0.1, 0.15) is 6.42 Å². The van der Waals surface area contributed by atoms with Crippen molar-refractivity contribution < 1.29 is 4.74 Å². The zero-order chi connectivity index (χ0) is 13.1. The summed E-state index contributed by atoms with van der Waals surface area (Å²) in [6.07, 6.45) is 4.88. The van der Waals surface area contributed by atoms with Crippen molar-refractivity contribution in [2.45, 2.75) is 12.5 Å². The first kappa shape index (κ1) is 12.2. The van der Waals surface area contributed by atoms with E-state index in [9.17, 15) is 0 Å². The largest absolute Gasteiger partial charge is 0.490 e. The van der Waals surface area contributed by atoms with Gasteiger partial charge in [-0.2, -0.15) is 0 Å². The van der Waals surface area contributed by atoms with Crippen LogP contribution >= 0.6 is 0 Å². The second-order valence-electron chi connectivity index (χ2n) is 5.01. The van der Waals surface area contributed by atoms with E-state index in [1.54, 1.807) is 6.20 Å². The normalized spacial score (nSPS) is 18.9. The van der Waals surface area contributed by atoms with Crippen LogP contribution in [0.25, 0.3) is 11.1 Å². The molecule has 1 saturated heterocycles. The number of likely N-dealkylation sites (tertiary alicyclic amines) is 1. The molecule has 3 heteroatoms. The second kappa shape index (κ2) is 5.41. The van der Waals surface area contributed by atoms with Gasteiger partial charge >= 0.3 is 0 Å². The van der Waals surface area contributed by atoms with Gasteiger partial charge in [0.2, 0.25) is 0 Å². The fraction of sp³-hybridized carbons (Fsp3) is 0.312. The summed E-state index contributed by atoms with van der Waals surface area (Å²) in [5.74, 6) is 0.849. The molecule has 1 aromatic heterocycles. The number of nitrogens with zero attached hydrogens (tertiary/aromatic N) is 2. The predicted molar refractivity (Wildman–Crippen MR) is 76.2 cm³/mol. The molecule has 3 nitrogen and oxygen atoms in total. The van der Waals surface area contributed by atoms with Crippen molar-refractivity contribution in [3.8, 4) is 16.9 Å². The standard InChI is InChI=1S/C16H18N2O/c1-18-8-7-15(18)12-19-16-9-14(10-17-11-16)13-5-3-2-4-6-13/h2-6,9-11,15H,7-8,12H2,1H3/t15-/m0/s1. The number of benzene rings is 1. The van der Waals surface area contributed by atoms with Crippen LogP contribution in [0.2, 0.25) is 0 Å². The van der Waals surface area contributed by atoms with Gasteiger partial charge in [0, 0.05) is 17.8 Å². The molecule has 1 atom stereocenters. The Hall–Kier alpha value is -1.87. The summed E-state index contributed by atoms with van der Waals surface area (Å²) in [4.78, 5) is 6.58. The number of rotatable bonds is 4. The highest BCUT2D eigenvalue weighted by atomic mass is 16.5. The van der Waals surface area contributed by atoms with Crippen LogP contribution in [0.4, 0.5) is 0 Å². The number of ether oxygens (including phenoxy) is 1. The van der Waals surface area contributed by atoms with Gasteiger partial charge in [-0.1, -0.05) is 30.3 Å². The van der Waals surface area contributed by atoms with Crippen molar-refractivity contribution in [2.24, 2.45) is 0 Å². The fourth-order valence-electron chi connectivity index (χ4n) is 2.26. The molecule has 98 valence electrons. The van der Waals surface area contributed by atoms with Crippen molar-refractivity contribution >= 4 is 0 Å². The van der Waals surface area contributed by atoms with Gasteiger partial charge < -0.3 is 4.74 Å². The first-order valence-electron chi connectivity index (χ1n) is 6.66. The van der Waals surface area contributed by atoms with E-state index in [1.807, 2.05) is 24.4 Å². The average Bonchev–Trinajstić information content (AvgIpc) is 2.47. The fourth-order valence-corrected chi connectivity index (χ4v) is 2.26. The first-order valence-corrected chi connectivity index (χ1v) is 6.66. The van der Waals surface area contributed by atoms with Crippen LogP contribution in [0.15, 0.2) is 48.8 Å². The van der Waals surface area contributed by atoms with Crippen molar-refractivity contribution in [1.82, 2.24) is 9.88 Å². The zero-order valence-corrected chi connectivity index (χ0v) is 11.1. The minimum absolute atomic E-state index is 0.556. The lowest BCUT2D eigenvalue weighted by Crippen LogP contribution is -2.48. The molecule has 1 aliphatic heterocycles. The van der Waals surface area contributed by atoms with E-state index in [2.05, 4.69) is 35.1 Å². The number of likely N-dealkylation sites (N-methyl/N-ethyl adjacent to an activating group) is 1. The molecule has 1 fully saturated rings. The van der Waals surface area contributed by atoms with Crippen molar-refractivity contribution in [3.63, 3.8) is 0 Å². The van der Waals surface area contributed by atoms with Gasteiger partial charge in [0.05, 0.1) is 6.20 Å². The van der Waals surface area contributed by atoms with Gasteiger partial charge in [-0.15, -0.1) is 0 Å². The minimum atomic E-state index is 0.556. The van der Waals surface area contributed by atoms with Crippen LogP contribution in [0.3, 0.4) is 0 Å². The van der Waals surface area contributed by atoms with E-state index >= 15 is 0 Å². The van der Waals surface area contributed by atoms with E-state index in [0.29, 0.717) is 6.04 Å². The van der Waals surface area contributed by atoms with Crippen molar-refractivity contribution in [1.29, 1.82) is 0 Å². The Bertz CT molecular complexity index is 541. The summed E-state index contributed by atoms with van der Waals surface area (Å²) in [5.41, 5.74) is 2.27. The molecule has 0 bridgehead atoms. The summed E-state index contributed by atoms with van der Waals surface area (Å²) in [7, 11) is 2.14. The highest BCUT2D eigenvalue weighted by Gasteiger charge is 2.24. The molecular weight excluding hydrogens is 236 g/mol. The molecule has 19 heavy (non-hydrogen) atoms. The topological polar surface area (TPSA) is 25.4 Å². The molecule has 0 radical (unpaired) electrons. The van der Waals surface area contributed by atoms with E-state index in [1.165, 1.54) is 18.5 Å². The Morgan fingerprint density at radius 2 is 2.05 bits per heavy atom. The van der Waals surface area contributed by atoms with Crippen molar-refractivity contribution in [2.75, 3.05) is 20.2 Å². The summed E-state index contributed by atoms with van der Waals surface area (Å²) in [6.45, 7) is 1.92. The third kappa shape index (κ3) is 2.76. The molecule has 1 aromatic carbocycles. The maximum atomic E-state index is 5.84. The molecule has 0 unspecified atom stereocenters. The van der Waals surface area contributed by atoms with Gasteiger partial charge in [0.1, 0.15) is 12.4 Å². The summed E-state index contributed by atoms with van der Waals surface area (Å²) in [5, 5.41) is 0. The molecule has 3 rings (SSSR count). The molecule has 0 N–H and O–H groups in total. The Morgan fingerprint density at radius 1 is 1.21 bits per heavy atom. The van der Waals surface area contributed by atoms with Gasteiger partial charge in [0.15, 0.2) is 0 Å². The van der Waals surface area contributed by atoms with Crippen LogP contribution in [-0.4, -0.2) is 36.1 Å². The molecule has 0 amide bonds. The molecule has 0 spiro atoms. The average molecular weight is 254 g/mol.